The molecule has 2 heteroatoms. The Morgan fingerprint density at radius 3 is 2.42 bits per heavy atom. The van der Waals surface area contributed by atoms with E-state index in [0.29, 0.717) is 5.41 Å². The molecule has 1 N–H and O–H groups in total. The minimum Gasteiger partial charge on any atom is -0.286 e. The third-order valence-electron chi connectivity index (χ3n) is 2.37. The summed E-state index contributed by atoms with van der Waals surface area (Å²) in [7, 11) is -1.25. The minimum atomic E-state index is -1.25. The highest BCUT2D eigenvalue weighted by molar-refractivity contribution is 8.01. The van der Waals surface area contributed by atoms with E-state index in [1.165, 1.54) is 5.57 Å². The van der Waals surface area contributed by atoms with Crippen LogP contribution < -0.4 is 0 Å². The summed E-state index contributed by atoms with van der Waals surface area (Å²) in [5, 5.41) is 0. The molecule has 0 aliphatic carbocycles. The van der Waals surface area contributed by atoms with Crippen molar-refractivity contribution in [2.24, 2.45) is 5.41 Å². The van der Waals surface area contributed by atoms with Gasteiger partial charge in [0, 0.05) is 11.5 Å². The number of hydrogen-bond donors (Lipinski definition) is 1. The van der Waals surface area contributed by atoms with Crippen molar-refractivity contribution in [2.75, 3.05) is 11.5 Å². The summed E-state index contributed by atoms with van der Waals surface area (Å²) in [5.74, 6) is 5.85. The van der Waals surface area contributed by atoms with E-state index >= 15 is 0 Å². The first-order valence-electron chi connectivity index (χ1n) is 4.37. The van der Waals surface area contributed by atoms with Gasteiger partial charge < -0.3 is 0 Å². The summed E-state index contributed by atoms with van der Waals surface area (Å²) in [6.45, 7) is 6.73. The molecular formula is C10H19NS. The van der Waals surface area contributed by atoms with Gasteiger partial charge in [0.25, 0.3) is 0 Å². The molecule has 1 atom stereocenters. The second-order valence-electron chi connectivity index (χ2n) is 4.65. The van der Waals surface area contributed by atoms with E-state index in [4.69, 9.17) is 4.78 Å². The minimum absolute atomic E-state index is 0.302. The van der Waals surface area contributed by atoms with E-state index in [1.54, 1.807) is 0 Å². The molecular weight excluding hydrogens is 166 g/mol. The van der Waals surface area contributed by atoms with Gasteiger partial charge in [-0.3, -0.25) is 4.78 Å². The predicted octanol–water partition coefficient (Wildman–Crippen LogP) is 2.71. The molecule has 1 aliphatic heterocycles. The smallest absolute Gasteiger partial charge is 0.0162 e. The van der Waals surface area contributed by atoms with Crippen LogP contribution in [0.1, 0.15) is 27.2 Å². The highest BCUT2D eigenvalue weighted by atomic mass is 32.2. The Labute approximate surface area is 76.3 Å². The van der Waals surface area contributed by atoms with Crippen molar-refractivity contribution in [3.63, 3.8) is 0 Å². The van der Waals surface area contributed by atoms with Crippen molar-refractivity contribution in [1.29, 1.82) is 4.78 Å². The van der Waals surface area contributed by atoms with Crippen LogP contribution in [0, 0.1) is 10.2 Å². The standard InChI is InChI=1S/C10H19NS/c1-10(2,3)9-5-7-12(4,11)8-6-9/h5,11H,4,6-8H2,1-3H3. The van der Waals surface area contributed by atoms with Gasteiger partial charge in [0.05, 0.1) is 0 Å². The lowest BCUT2D eigenvalue weighted by molar-refractivity contribution is 0.487. The second-order valence-corrected chi connectivity index (χ2v) is 7.48. The van der Waals surface area contributed by atoms with E-state index < -0.39 is 9.41 Å². The molecule has 1 unspecified atom stereocenters. The summed E-state index contributed by atoms with van der Waals surface area (Å²) in [4.78, 5) is 0. The highest BCUT2D eigenvalue weighted by Crippen LogP contribution is 2.30. The molecule has 1 rings (SSSR count). The predicted molar refractivity (Wildman–Crippen MR) is 59.1 cm³/mol. The molecule has 0 saturated heterocycles. The maximum atomic E-state index is 7.85. The monoisotopic (exact) mass is 185 g/mol. The second kappa shape index (κ2) is 2.91. The number of hydrogen-bond acceptors (Lipinski definition) is 1. The van der Waals surface area contributed by atoms with Crippen molar-refractivity contribution in [3.8, 4) is 0 Å². The zero-order valence-corrected chi connectivity index (χ0v) is 9.13. The van der Waals surface area contributed by atoms with Gasteiger partial charge in [-0.05, 0) is 11.8 Å². The largest absolute Gasteiger partial charge is 0.286 e. The molecule has 1 heterocycles. The fraction of sp³-hybridized carbons (Fsp3) is 0.700. The van der Waals surface area contributed by atoms with Crippen molar-refractivity contribution >= 4 is 15.3 Å². The van der Waals surface area contributed by atoms with E-state index in [9.17, 15) is 0 Å². The lowest BCUT2D eigenvalue weighted by atomic mass is 9.85. The highest BCUT2D eigenvalue weighted by Gasteiger charge is 2.20. The summed E-state index contributed by atoms with van der Waals surface area (Å²) in [6, 6.07) is 0. The van der Waals surface area contributed by atoms with Crippen LogP contribution in [0.2, 0.25) is 0 Å². The molecule has 0 aromatic carbocycles. The molecule has 1 nitrogen and oxygen atoms in total. The number of nitrogens with one attached hydrogen (secondary N) is 1. The normalized spacial score (nSPS) is 31.4. The van der Waals surface area contributed by atoms with E-state index in [1.807, 2.05) is 0 Å². The molecule has 0 radical (unpaired) electrons. The van der Waals surface area contributed by atoms with E-state index in [2.05, 4.69) is 32.7 Å². The lowest BCUT2D eigenvalue weighted by Crippen LogP contribution is -2.20. The Morgan fingerprint density at radius 1 is 1.50 bits per heavy atom. The maximum absolute atomic E-state index is 7.85. The Bertz CT molecular complexity index is 288. The summed E-state index contributed by atoms with van der Waals surface area (Å²) < 4.78 is 7.85. The van der Waals surface area contributed by atoms with Crippen molar-refractivity contribution in [1.82, 2.24) is 0 Å². The van der Waals surface area contributed by atoms with Crippen LogP contribution in [0.5, 0.6) is 0 Å². The molecule has 0 saturated carbocycles. The Kier molecular flexibility index (Phi) is 2.39. The maximum Gasteiger partial charge on any atom is 0.0162 e. The summed E-state index contributed by atoms with van der Waals surface area (Å²) in [5.41, 5.74) is 1.82. The molecule has 1 aliphatic rings. The third-order valence-corrected chi connectivity index (χ3v) is 4.16. The van der Waals surface area contributed by atoms with Gasteiger partial charge in [0.2, 0.25) is 0 Å². The van der Waals surface area contributed by atoms with E-state index in [-0.39, 0.29) is 0 Å². The number of allylic oxidation sites excluding steroid dienone is 1. The van der Waals surface area contributed by atoms with Crippen LogP contribution >= 0.6 is 0 Å². The van der Waals surface area contributed by atoms with Gasteiger partial charge in [0.1, 0.15) is 0 Å². The van der Waals surface area contributed by atoms with Gasteiger partial charge >= 0.3 is 0 Å². The van der Waals surface area contributed by atoms with E-state index in [0.717, 1.165) is 17.9 Å². The van der Waals surface area contributed by atoms with Crippen LogP contribution in [0.25, 0.3) is 0 Å². The molecule has 0 fully saturated rings. The van der Waals surface area contributed by atoms with Crippen LogP contribution in [0.3, 0.4) is 0 Å². The quantitative estimate of drug-likeness (QED) is 0.443. The topological polar surface area (TPSA) is 23.9 Å². The average molecular weight is 185 g/mol. The van der Waals surface area contributed by atoms with Crippen molar-refractivity contribution in [2.45, 2.75) is 27.2 Å². The zero-order chi connectivity index (χ0) is 9.41. The average Bonchev–Trinajstić information content (AvgIpc) is 1.83. The van der Waals surface area contributed by atoms with Gasteiger partial charge in [-0.25, -0.2) is 0 Å². The Balaban J connectivity index is 2.82. The third kappa shape index (κ3) is 2.37. The fourth-order valence-electron chi connectivity index (χ4n) is 1.43. The van der Waals surface area contributed by atoms with Gasteiger partial charge in [-0.1, -0.05) is 38.3 Å². The first-order valence-corrected chi connectivity index (χ1v) is 6.51. The van der Waals surface area contributed by atoms with Crippen LogP contribution in [-0.2, 0) is 9.41 Å². The molecule has 0 aromatic rings. The molecule has 70 valence electrons. The SMILES string of the molecule is C=S1(=N)CC=C(C(C)(C)C)CC1. The van der Waals surface area contributed by atoms with Crippen molar-refractivity contribution in [3.05, 3.63) is 11.6 Å². The summed E-state index contributed by atoms with van der Waals surface area (Å²) in [6.07, 6.45) is 3.34. The van der Waals surface area contributed by atoms with Crippen LogP contribution in [0.15, 0.2) is 11.6 Å². The molecule has 0 bridgehead atoms. The fourth-order valence-corrected chi connectivity index (χ4v) is 2.73. The van der Waals surface area contributed by atoms with Crippen LogP contribution in [0.4, 0.5) is 0 Å². The van der Waals surface area contributed by atoms with Gasteiger partial charge in [-0.2, -0.15) is 0 Å². The molecule has 0 amide bonds. The first-order chi connectivity index (χ1) is 5.31. The first kappa shape index (κ1) is 9.85. The van der Waals surface area contributed by atoms with Gasteiger partial charge in [0.15, 0.2) is 0 Å². The Hall–Kier alpha value is -0.240. The summed E-state index contributed by atoms with van der Waals surface area (Å²) >= 11 is 0. The molecule has 0 spiro atoms. The van der Waals surface area contributed by atoms with Crippen LogP contribution in [-0.4, -0.2) is 17.4 Å². The van der Waals surface area contributed by atoms with Crippen molar-refractivity contribution < 1.29 is 0 Å². The molecule has 0 aromatic heterocycles. The zero-order valence-electron chi connectivity index (χ0n) is 8.31. The lowest BCUT2D eigenvalue weighted by Gasteiger charge is -2.28. The Morgan fingerprint density at radius 2 is 2.08 bits per heavy atom. The number of rotatable bonds is 0. The molecule has 12 heavy (non-hydrogen) atoms. The van der Waals surface area contributed by atoms with Gasteiger partial charge in [-0.15, -0.1) is 9.41 Å².